The first-order valence-electron chi connectivity index (χ1n) is 8.80. The lowest BCUT2D eigenvalue weighted by molar-refractivity contribution is 0.0690. The van der Waals surface area contributed by atoms with Crippen molar-refractivity contribution in [2.24, 2.45) is 0 Å². The van der Waals surface area contributed by atoms with Gasteiger partial charge in [-0.2, -0.15) is 0 Å². The third-order valence-electron chi connectivity index (χ3n) is 4.89. The van der Waals surface area contributed by atoms with Gasteiger partial charge in [-0.1, -0.05) is 48.5 Å². The molecule has 0 fully saturated rings. The van der Waals surface area contributed by atoms with Crippen LogP contribution in [0.15, 0.2) is 65.1 Å². The molecule has 0 aromatic heterocycles. The number of amides is 1. The topological polar surface area (TPSA) is 75.6 Å². The number of anilines is 1. The second kappa shape index (κ2) is 7.67. The standard InChI is InChI=1S/C22H15BrFNO4/c23-20-18(10-9-17(24)19(20)21(26)27)25-22(28)29-11-16-14-7-3-1-5-12(14)13-6-2-4-8-15(13)16/h1-10,16H,11H2,(H,25,28)(H,26,27). The van der Waals surface area contributed by atoms with E-state index < -0.39 is 23.4 Å². The molecule has 5 nitrogen and oxygen atoms in total. The van der Waals surface area contributed by atoms with Gasteiger partial charge in [0, 0.05) is 5.92 Å². The van der Waals surface area contributed by atoms with E-state index >= 15 is 0 Å². The van der Waals surface area contributed by atoms with Crippen LogP contribution in [0.4, 0.5) is 14.9 Å². The molecule has 3 aromatic carbocycles. The number of rotatable bonds is 4. The molecule has 1 aliphatic carbocycles. The predicted molar refractivity (Wildman–Crippen MR) is 110 cm³/mol. The van der Waals surface area contributed by atoms with Crippen LogP contribution in [0.1, 0.15) is 27.4 Å². The van der Waals surface area contributed by atoms with Crippen molar-refractivity contribution in [1.29, 1.82) is 0 Å². The van der Waals surface area contributed by atoms with Crippen molar-refractivity contribution in [1.82, 2.24) is 0 Å². The Morgan fingerprint density at radius 3 is 2.17 bits per heavy atom. The number of benzene rings is 3. The average Bonchev–Trinajstić information content (AvgIpc) is 3.02. The number of ether oxygens (including phenoxy) is 1. The number of carboxylic acid groups (broad SMARTS) is 1. The highest BCUT2D eigenvalue weighted by Gasteiger charge is 2.29. The van der Waals surface area contributed by atoms with Crippen molar-refractivity contribution >= 4 is 33.7 Å². The third kappa shape index (κ3) is 3.49. The quantitative estimate of drug-likeness (QED) is 0.532. The summed E-state index contributed by atoms with van der Waals surface area (Å²) in [6.07, 6.45) is -0.754. The van der Waals surface area contributed by atoms with E-state index in [1.165, 1.54) is 6.07 Å². The van der Waals surface area contributed by atoms with Gasteiger partial charge in [-0.3, -0.25) is 5.32 Å². The molecule has 0 radical (unpaired) electrons. The fourth-order valence-corrected chi connectivity index (χ4v) is 4.18. The van der Waals surface area contributed by atoms with Crippen molar-refractivity contribution in [2.75, 3.05) is 11.9 Å². The van der Waals surface area contributed by atoms with E-state index in [1.807, 2.05) is 48.5 Å². The van der Waals surface area contributed by atoms with Gasteiger partial charge in [0.1, 0.15) is 18.0 Å². The smallest absolute Gasteiger partial charge is 0.411 e. The summed E-state index contributed by atoms with van der Waals surface area (Å²) in [7, 11) is 0. The molecule has 0 spiro atoms. The van der Waals surface area contributed by atoms with Gasteiger partial charge in [-0.25, -0.2) is 14.0 Å². The average molecular weight is 456 g/mol. The molecule has 29 heavy (non-hydrogen) atoms. The molecule has 4 rings (SSSR count). The number of carbonyl (C=O) groups is 2. The second-order valence-corrected chi connectivity index (χ2v) is 7.33. The molecule has 146 valence electrons. The van der Waals surface area contributed by atoms with Crippen LogP contribution in [0.25, 0.3) is 11.1 Å². The highest BCUT2D eigenvalue weighted by atomic mass is 79.9. The van der Waals surface area contributed by atoms with Gasteiger partial charge in [-0.15, -0.1) is 0 Å². The molecular formula is C22H15BrFNO4. The SMILES string of the molecule is O=C(Nc1ccc(F)c(C(=O)O)c1Br)OCC1c2ccccc2-c2ccccc21. The Morgan fingerprint density at radius 2 is 1.59 bits per heavy atom. The van der Waals surface area contributed by atoms with E-state index in [1.54, 1.807) is 0 Å². The summed E-state index contributed by atoms with van der Waals surface area (Å²) in [4.78, 5) is 23.5. The fourth-order valence-electron chi connectivity index (χ4n) is 3.59. The Morgan fingerprint density at radius 1 is 1.00 bits per heavy atom. The monoisotopic (exact) mass is 455 g/mol. The molecule has 0 atom stereocenters. The molecule has 0 aliphatic heterocycles. The van der Waals surface area contributed by atoms with Crippen LogP contribution in [-0.2, 0) is 4.74 Å². The van der Waals surface area contributed by atoms with Crippen LogP contribution in [0, 0.1) is 5.82 Å². The van der Waals surface area contributed by atoms with Crippen molar-refractivity contribution in [3.63, 3.8) is 0 Å². The summed E-state index contributed by atoms with van der Waals surface area (Å²) in [6, 6.07) is 18.2. The maximum Gasteiger partial charge on any atom is 0.411 e. The van der Waals surface area contributed by atoms with Gasteiger partial charge in [0.25, 0.3) is 0 Å². The van der Waals surface area contributed by atoms with E-state index in [0.29, 0.717) is 0 Å². The zero-order valence-electron chi connectivity index (χ0n) is 15.0. The molecule has 3 aromatic rings. The minimum Gasteiger partial charge on any atom is -0.478 e. The van der Waals surface area contributed by atoms with E-state index in [2.05, 4.69) is 21.2 Å². The lowest BCUT2D eigenvalue weighted by Crippen LogP contribution is -2.18. The first kappa shape index (κ1) is 19.1. The molecule has 7 heteroatoms. The fraction of sp³-hybridized carbons (Fsp3) is 0.0909. The van der Waals surface area contributed by atoms with Crippen molar-refractivity contribution in [3.8, 4) is 11.1 Å². The molecule has 1 amide bonds. The first-order chi connectivity index (χ1) is 14.0. The van der Waals surface area contributed by atoms with Crippen LogP contribution >= 0.6 is 15.9 Å². The highest BCUT2D eigenvalue weighted by Crippen LogP contribution is 2.44. The molecule has 0 bridgehead atoms. The number of aromatic carboxylic acids is 1. The number of fused-ring (bicyclic) bond motifs is 3. The Bertz CT molecular complexity index is 1090. The van der Waals surface area contributed by atoms with Crippen molar-refractivity contribution in [3.05, 3.63) is 87.6 Å². The maximum atomic E-state index is 13.7. The van der Waals surface area contributed by atoms with Crippen LogP contribution in [-0.4, -0.2) is 23.8 Å². The van der Waals surface area contributed by atoms with Crippen LogP contribution in [0.2, 0.25) is 0 Å². The van der Waals surface area contributed by atoms with Crippen molar-refractivity contribution < 1.29 is 23.8 Å². The summed E-state index contributed by atoms with van der Waals surface area (Å²) in [5, 5.41) is 11.6. The number of nitrogens with one attached hydrogen (secondary N) is 1. The lowest BCUT2D eigenvalue weighted by Gasteiger charge is -2.15. The third-order valence-corrected chi connectivity index (χ3v) is 5.71. The molecule has 0 saturated heterocycles. The first-order valence-corrected chi connectivity index (χ1v) is 9.60. The largest absolute Gasteiger partial charge is 0.478 e. The van der Waals surface area contributed by atoms with E-state index in [9.17, 15) is 14.0 Å². The molecule has 1 aliphatic rings. The van der Waals surface area contributed by atoms with Gasteiger partial charge in [0.15, 0.2) is 0 Å². The zero-order valence-corrected chi connectivity index (χ0v) is 16.6. The molecule has 0 unspecified atom stereocenters. The summed E-state index contributed by atoms with van der Waals surface area (Å²) in [5.41, 5.74) is 3.95. The van der Waals surface area contributed by atoms with Crippen LogP contribution in [0.5, 0.6) is 0 Å². The van der Waals surface area contributed by atoms with E-state index in [0.717, 1.165) is 28.3 Å². The summed E-state index contributed by atoms with van der Waals surface area (Å²) >= 11 is 3.03. The Hall–Kier alpha value is -3.19. The highest BCUT2D eigenvalue weighted by molar-refractivity contribution is 9.10. The molecule has 0 saturated carbocycles. The lowest BCUT2D eigenvalue weighted by atomic mass is 9.98. The Kier molecular flexibility index (Phi) is 5.07. The van der Waals surface area contributed by atoms with Crippen molar-refractivity contribution in [2.45, 2.75) is 5.92 Å². The minimum atomic E-state index is -1.44. The molecular weight excluding hydrogens is 441 g/mol. The Labute approximate surface area is 174 Å². The van der Waals surface area contributed by atoms with Gasteiger partial charge in [0.2, 0.25) is 0 Å². The predicted octanol–water partition coefficient (Wildman–Crippen LogP) is 5.65. The Balaban J connectivity index is 1.52. The normalized spacial score (nSPS) is 12.2. The summed E-state index contributed by atoms with van der Waals surface area (Å²) in [5.74, 6) is -2.44. The van der Waals surface area contributed by atoms with Gasteiger partial charge < -0.3 is 9.84 Å². The number of hydrogen-bond donors (Lipinski definition) is 2. The summed E-state index contributed by atoms with van der Waals surface area (Å²) < 4.78 is 19.1. The molecule has 0 heterocycles. The van der Waals surface area contributed by atoms with E-state index in [4.69, 9.17) is 9.84 Å². The van der Waals surface area contributed by atoms with Gasteiger partial charge in [0.05, 0.1) is 10.2 Å². The van der Waals surface area contributed by atoms with E-state index in [-0.39, 0.29) is 22.7 Å². The van der Waals surface area contributed by atoms with Gasteiger partial charge in [-0.05, 0) is 50.3 Å². The minimum absolute atomic E-state index is 0.0569. The number of carbonyl (C=O) groups excluding carboxylic acids is 1. The summed E-state index contributed by atoms with van der Waals surface area (Å²) in [6.45, 7) is 0.116. The number of carboxylic acids is 1. The molecule has 2 N–H and O–H groups in total. The van der Waals surface area contributed by atoms with Crippen LogP contribution in [0.3, 0.4) is 0 Å². The second-order valence-electron chi connectivity index (χ2n) is 6.54. The van der Waals surface area contributed by atoms with Gasteiger partial charge >= 0.3 is 12.1 Å². The van der Waals surface area contributed by atoms with Crippen LogP contribution < -0.4 is 5.32 Å². The number of halogens is 2. The zero-order chi connectivity index (χ0) is 20.5. The number of hydrogen-bond acceptors (Lipinski definition) is 3. The maximum absolute atomic E-state index is 13.7.